The number of rotatable bonds is 4. The van der Waals surface area contributed by atoms with Crippen LogP contribution >= 0.6 is 0 Å². The highest BCUT2D eigenvalue weighted by Gasteiger charge is 2.19. The van der Waals surface area contributed by atoms with Crippen LogP contribution in [0.5, 0.6) is 0 Å². The molecule has 1 fully saturated rings. The second kappa shape index (κ2) is 8.61. The molecule has 3 rings (SSSR count). The Morgan fingerprint density at radius 3 is 2.35 bits per heavy atom. The molecule has 0 radical (unpaired) electrons. The second-order valence-corrected chi connectivity index (χ2v) is 6.84. The highest BCUT2D eigenvalue weighted by atomic mass is 16.2. The number of pyridine rings is 1. The third-order valence-electron chi connectivity index (χ3n) is 4.71. The fraction of sp³-hybridized carbons (Fsp3) is 0.381. The van der Waals surface area contributed by atoms with Crippen LogP contribution in [0.1, 0.15) is 57.5 Å². The third-order valence-corrected chi connectivity index (χ3v) is 4.71. The number of benzene rings is 1. The van der Waals surface area contributed by atoms with Crippen molar-refractivity contribution in [2.45, 2.75) is 39.2 Å². The highest BCUT2D eigenvalue weighted by Crippen LogP contribution is 2.14. The zero-order chi connectivity index (χ0) is 18.4. The molecule has 0 saturated carbocycles. The Morgan fingerprint density at radius 1 is 1.00 bits per heavy atom. The van der Waals surface area contributed by atoms with E-state index in [1.165, 1.54) is 24.6 Å². The number of nitrogens with one attached hydrogen (secondary N) is 1. The summed E-state index contributed by atoms with van der Waals surface area (Å²) in [7, 11) is 0. The lowest BCUT2D eigenvalue weighted by Crippen LogP contribution is -2.32. The lowest BCUT2D eigenvalue weighted by molar-refractivity contribution is 0.0761. The maximum absolute atomic E-state index is 12.7. The number of carbonyl (C=O) groups is 2. The number of hydrogen-bond acceptors (Lipinski definition) is 3. The first kappa shape index (κ1) is 18.1. The normalized spacial score (nSPS) is 14.6. The predicted octanol–water partition coefficient (Wildman–Crippen LogP) is 3.34. The van der Waals surface area contributed by atoms with Gasteiger partial charge in [-0.2, -0.15) is 0 Å². The van der Waals surface area contributed by atoms with Crippen LogP contribution in [0.3, 0.4) is 0 Å². The number of aryl methyl sites for hydroxylation is 1. The van der Waals surface area contributed by atoms with Gasteiger partial charge in [0.05, 0.1) is 11.1 Å². The second-order valence-electron chi connectivity index (χ2n) is 6.84. The number of amides is 2. The number of nitrogens with zero attached hydrogens (tertiary/aromatic N) is 2. The molecule has 5 nitrogen and oxygen atoms in total. The van der Waals surface area contributed by atoms with Gasteiger partial charge in [0.2, 0.25) is 0 Å². The van der Waals surface area contributed by atoms with E-state index in [0.29, 0.717) is 17.7 Å². The monoisotopic (exact) mass is 351 g/mol. The standard InChI is InChI=1S/C21H25N3O2/c1-16-6-8-17(9-7-16)13-23-20(25)18-12-19(15-22-14-18)21(26)24-10-4-2-3-5-11-24/h6-9,12,14-15H,2-5,10-11,13H2,1H3,(H,23,25). The average Bonchev–Trinajstić information content (AvgIpc) is 2.96. The van der Waals surface area contributed by atoms with Gasteiger partial charge in [-0.05, 0) is 31.4 Å². The van der Waals surface area contributed by atoms with Gasteiger partial charge in [-0.25, -0.2) is 0 Å². The van der Waals surface area contributed by atoms with Crippen LogP contribution in [0.4, 0.5) is 0 Å². The van der Waals surface area contributed by atoms with Crippen molar-refractivity contribution in [1.82, 2.24) is 15.2 Å². The van der Waals surface area contributed by atoms with Gasteiger partial charge < -0.3 is 10.2 Å². The van der Waals surface area contributed by atoms with E-state index >= 15 is 0 Å². The van der Waals surface area contributed by atoms with Crippen LogP contribution in [-0.4, -0.2) is 34.8 Å². The molecular formula is C21H25N3O2. The number of aromatic nitrogens is 1. The van der Waals surface area contributed by atoms with Gasteiger partial charge in [0.25, 0.3) is 11.8 Å². The molecular weight excluding hydrogens is 326 g/mol. The van der Waals surface area contributed by atoms with Crippen LogP contribution in [-0.2, 0) is 6.54 Å². The molecule has 2 aromatic rings. The Morgan fingerprint density at radius 2 is 1.65 bits per heavy atom. The molecule has 136 valence electrons. The van der Waals surface area contributed by atoms with E-state index in [2.05, 4.69) is 10.3 Å². The molecule has 1 saturated heterocycles. The van der Waals surface area contributed by atoms with E-state index in [1.807, 2.05) is 36.1 Å². The summed E-state index contributed by atoms with van der Waals surface area (Å²) in [6.45, 7) is 4.04. The molecule has 5 heteroatoms. The van der Waals surface area contributed by atoms with E-state index in [4.69, 9.17) is 0 Å². The van der Waals surface area contributed by atoms with Crippen molar-refractivity contribution in [2.24, 2.45) is 0 Å². The van der Waals surface area contributed by atoms with Crippen molar-refractivity contribution in [3.8, 4) is 0 Å². The molecule has 0 spiro atoms. The first-order valence-electron chi connectivity index (χ1n) is 9.21. The van der Waals surface area contributed by atoms with Gasteiger partial charge in [-0.15, -0.1) is 0 Å². The fourth-order valence-corrected chi connectivity index (χ4v) is 3.13. The SMILES string of the molecule is Cc1ccc(CNC(=O)c2cncc(C(=O)N3CCCCCC3)c2)cc1. The summed E-state index contributed by atoms with van der Waals surface area (Å²) in [4.78, 5) is 31.1. The minimum Gasteiger partial charge on any atom is -0.348 e. The Kier molecular flexibility index (Phi) is 6.00. The summed E-state index contributed by atoms with van der Waals surface area (Å²) >= 11 is 0. The third kappa shape index (κ3) is 4.69. The lowest BCUT2D eigenvalue weighted by Gasteiger charge is -2.20. The van der Waals surface area contributed by atoms with Gasteiger partial charge in [-0.3, -0.25) is 14.6 Å². The minimum absolute atomic E-state index is 0.0346. The Labute approximate surface area is 154 Å². The van der Waals surface area contributed by atoms with E-state index in [9.17, 15) is 9.59 Å². The summed E-state index contributed by atoms with van der Waals surface area (Å²) in [6.07, 6.45) is 7.46. The first-order chi connectivity index (χ1) is 12.6. The maximum atomic E-state index is 12.7. The Balaban J connectivity index is 1.64. The smallest absolute Gasteiger partial charge is 0.255 e. The van der Waals surface area contributed by atoms with Gasteiger partial charge in [0, 0.05) is 32.0 Å². The summed E-state index contributed by atoms with van der Waals surface area (Å²) < 4.78 is 0. The van der Waals surface area contributed by atoms with E-state index in [1.54, 1.807) is 12.3 Å². The van der Waals surface area contributed by atoms with E-state index < -0.39 is 0 Å². The van der Waals surface area contributed by atoms with Gasteiger partial charge in [-0.1, -0.05) is 42.7 Å². The maximum Gasteiger partial charge on any atom is 0.255 e. The van der Waals surface area contributed by atoms with Crippen LogP contribution in [0.15, 0.2) is 42.7 Å². The molecule has 0 aliphatic carbocycles. The quantitative estimate of drug-likeness (QED) is 0.919. The zero-order valence-corrected chi connectivity index (χ0v) is 15.2. The minimum atomic E-state index is -0.219. The molecule has 0 unspecified atom stereocenters. The van der Waals surface area contributed by atoms with Crippen LogP contribution < -0.4 is 5.32 Å². The van der Waals surface area contributed by atoms with E-state index in [-0.39, 0.29) is 11.8 Å². The van der Waals surface area contributed by atoms with Crippen LogP contribution in [0, 0.1) is 6.92 Å². The van der Waals surface area contributed by atoms with Gasteiger partial charge in [0.15, 0.2) is 0 Å². The van der Waals surface area contributed by atoms with E-state index in [0.717, 1.165) is 31.5 Å². The fourth-order valence-electron chi connectivity index (χ4n) is 3.13. The molecule has 1 aliphatic rings. The summed E-state index contributed by atoms with van der Waals surface area (Å²) in [5.41, 5.74) is 3.12. The van der Waals surface area contributed by atoms with Gasteiger partial charge in [0.1, 0.15) is 0 Å². The molecule has 2 amide bonds. The van der Waals surface area contributed by atoms with Crippen LogP contribution in [0.25, 0.3) is 0 Å². The molecule has 26 heavy (non-hydrogen) atoms. The number of likely N-dealkylation sites (tertiary alicyclic amines) is 1. The van der Waals surface area contributed by atoms with Crippen molar-refractivity contribution in [3.05, 3.63) is 65.0 Å². The first-order valence-corrected chi connectivity index (χ1v) is 9.21. The largest absolute Gasteiger partial charge is 0.348 e. The summed E-state index contributed by atoms with van der Waals surface area (Å²) in [5.74, 6) is -0.254. The molecule has 0 bridgehead atoms. The summed E-state index contributed by atoms with van der Waals surface area (Å²) in [6, 6.07) is 9.66. The molecule has 0 atom stereocenters. The van der Waals surface area contributed by atoms with Crippen molar-refractivity contribution < 1.29 is 9.59 Å². The highest BCUT2D eigenvalue weighted by molar-refractivity contribution is 5.99. The average molecular weight is 351 g/mol. The zero-order valence-electron chi connectivity index (χ0n) is 15.2. The molecule has 1 N–H and O–H groups in total. The molecule has 1 aromatic carbocycles. The van der Waals surface area contributed by atoms with Crippen molar-refractivity contribution in [2.75, 3.05) is 13.1 Å². The number of hydrogen-bond donors (Lipinski definition) is 1. The van der Waals surface area contributed by atoms with Crippen molar-refractivity contribution in [3.63, 3.8) is 0 Å². The van der Waals surface area contributed by atoms with Crippen molar-refractivity contribution >= 4 is 11.8 Å². The number of carbonyl (C=O) groups excluding carboxylic acids is 2. The summed E-state index contributed by atoms with van der Waals surface area (Å²) in [5, 5.41) is 2.89. The van der Waals surface area contributed by atoms with Gasteiger partial charge >= 0.3 is 0 Å². The van der Waals surface area contributed by atoms with Crippen LogP contribution in [0.2, 0.25) is 0 Å². The molecule has 1 aromatic heterocycles. The Hall–Kier alpha value is -2.69. The molecule has 1 aliphatic heterocycles. The molecule has 2 heterocycles. The Bertz CT molecular complexity index is 763. The van der Waals surface area contributed by atoms with Crippen molar-refractivity contribution in [1.29, 1.82) is 0 Å². The lowest BCUT2D eigenvalue weighted by atomic mass is 10.1. The predicted molar refractivity (Wildman–Crippen MR) is 101 cm³/mol. The topological polar surface area (TPSA) is 62.3 Å².